The molecule has 1 amide bonds. The summed E-state index contributed by atoms with van der Waals surface area (Å²) in [6, 6.07) is 9.54. The lowest BCUT2D eigenvalue weighted by atomic mass is 9.90. The minimum atomic E-state index is -0.315. The number of furan rings is 1. The maximum atomic E-state index is 13.0. The first-order valence-corrected chi connectivity index (χ1v) is 12.4. The Hall–Kier alpha value is -2.88. The van der Waals surface area contributed by atoms with Gasteiger partial charge in [-0.25, -0.2) is 9.97 Å². The number of hydrogen-bond acceptors (Lipinski definition) is 7. The molecule has 2 atom stereocenters. The highest BCUT2D eigenvalue weighted by Crippen LogP contribution is 2.28. The van der Waals surface area contributed by atoms with Crippen molar-refractivity contribution in [3.8, 4) is 0 Å². The molecule has 1 aliphatic carbocycles. The third-order valence-electron chi connectivity index (χ3n) is 6.45. The average molecular weight is 566 g/mol. The van der Waals surface area contributed by atoms with Crippen LogP contribution >= 0.6 is 24.8 Å². The van der Waals surface area contributed by atoms with Crippen LogP contribution in [0.2, 0.25) is 0 Å². The fraction of sp³-hybridized carbons (Fsp3) is 0.481. The number of methoxy groups -OCH3 is 1. The molecule has 9 nitrogen and oxygen atoms in total. The number of fused-ring (bicyclic) bond motifs is 1. The Morgan fingerprint density at radius 2 is 1.97 bits per heavy atom. The summed E-state index contributed by atoms with van der Waals surface area (Å²) in [6.07, 6.45) is 5.57. The van der Waals surface area contributed by atoms with Crippen LogP contribution in [0.25, 0.3) is 10.9 Å². The van der Waals surface area contributed by atoms with Crippen LogP contribution in [0.4, 0.5) is 5.82 Å². The number of benzene rings is 1. The van der Waals surface area contributed by atoms with Gasteiger partial charge in [0.15, 0.2) is 11.6 Å². The number of amidine groups is 1. The summed E-state index contributed by atoms with van der Waals surface area (Å²) in [6.45, 7) is 7.07. The van der Waals surface area contributed by atoms with Crippen molar-refractivity contribution in [2.75, 3.05) is 25.6 Å². The molecule has 0 unspecified atom stereocenters. The third-order valence-corrected chi connectivity index (χ3v) is 6.45. The Morgan fingerprint density at radius 1 is 1.21 bits per heavy atom. The topological polar surface area (TPSA) is 128 Å². The molecule has 1 fully saturated rings. The van der Waals surface area contributed by atoms with Gasteiger partial charge in [0, 0.05) is 30.5 Å². The van der Waals surface area contributed by atoms with Gasteiger partial charge in [0.05, 0.1) is 24.4 Å². The van der Waals surface area contributed by atoms with Gasteiger partial charge in [0.2, 0.25) is 5.82 Å². The predicted molar refractivity (Wildman–Crippen MR) is 156 cm³/mol. The van der Waals surface area contributed by atoms with Gasteiger partial charge in [-0.2, -0.15) is 0 Å². The molecule has 0 bridgehead atoms. The van der Waals surface area contributed by atoms with Crippen LogP contribution in [0.3, 0.4) is 0 Å². The largest absolute Gasteiger partial charge is 0.461 e. The van der Waals surface area contributed by atoms with E-state index in [2.05, 4.69) is 20.6 Å². The number of nitrogens with one attached hydrogen (secondary N) is 2. The molecule has 11 heteroatoms. The number of amides is 1. The quantitative estimate of drug-likeness (QED) is 0.249. The van der Waals surface area contributed by atoms with Crippen molar-refractivity contribution in [3.63, 3.8) is 0 Å². The second-order valence-electron chi connectivity index (χ2n) is 10.3. The first-order valence-electron chi connectivity index (χ1n) is 12.4. The van der Waals surface area contributed by atoms with Gasteiger partial charge >= 0.3 is 0 Å². The van der Waals surface area contributed by atoms with Crippen molar-refractivity contribution in [1.29, 1.82) is 0 Å². The van der Waals surface area contributed by atoms with Crippen molar-refractivity contribution >= 4 is 53.3 Å². The van der Waals surface area contributed by atoms with E-state index in [0.29, 0.717) is 36.1 Å². The number of halogens is 2. The van der Waals surface area contributed by atoms with E-state index in [-0.39, 0.29) is 54.0 Å². The lowest BCUT2D eigenvalue weighted by molar-refractivity contribution is 0.0839. The predicted octanol–water partition coefficient (Wildman–Crippen LogP) is 4.91. The molecule has 0 radical (unpaired) electrons. The van der Waals surface area contributed by atoms with Gasteiger partial charge in [0.1, 0.15) is 5.82 Å². The Bertz CT molecular complexity index is 1230. The molecule has 208 valence electrons. The first-order chi connectivity index (χ1) is 17.3. The van der Waals surface area contributed by atoms with Crippen molar-refractivity contribution in [2.24, 2.45) is 16.1 Å². The van der Waals surface area contributed by atoms with Gasteiger partial charge in [-0.05, 0) is 44.0 Å². The number of rotatable bonds is 9. The second-order valence-corrected chi connectivity index (χ2v) is 10.3. The molecule has 4 rings (SSSR count). The molecule has 0 aliphatic heterocycles. The number of hydrogen-bond donors (Lipinski definition) is 3. The molecular formula is C27H38Cl2N6O3. The molecule has 0 saturated heterocycles. The number of carbonyl (C=O) groups is 1. The molecule has 2 aromatic heterocycles. The van der Waals surface area contributed by atoms with Gasteiger partial charge in [-0.15, -0.1) is 24.8 Å². The Balaban J connectivity index is 0.00000253. The number of nitrogens with two attached hydrogens (primary N) is 1. The fourth-order valence-corrected chi connectivity index (χ4v) is 4.57. The zero-order valence-corrected chi connectivity index (χ0v) is 24.0. The van der Waals surface area contributed by atoms with Crippen LogP contribution < -0.4 is 16.4 Å². The van der Waals surface area contributed by atoms with E-state index in [9.17, 15) is 4.79 Å². The maximum Gasteiger partial charge on any atom is 0.289 e. The molecule has 3 aromatic rings. The highest BCUT2D eigenvalue weighted by atomic mass is 35.5. The van der Waals surface area contributed by atoms with Crippen LogP contribution in [0.15, 0.2) is 46.0 Å². The second kappa shape index (κ2) is 13.8. The molecule has 38 heavy (non-hydrogen) atoms. The van der Waals surface area contributed by atoms with Crippen LogP contribution in [0.5, 0.6) is 0 Å². The highest BCUT2D eigenvalue weighted by Gasteiger charge is 2.27. The lowest BCUT2D eigenvalue weighted by Gasteiger charge is -2.30. The van der Waals surface area contributed by atoms with Gasteiger partial charge in [-0.1, -0.05) is 38.3 Å². The number of aromatic nitrogens is 2. The lowest BCUT2D eigenvalue weighted by Crippen LogP contribution is -2.38. The minimum absolute atomic E-state index is 0. The number of ether oxygens (including phenoxy) is 1. The van der Waals surface area contributed by atoms with E-state index in [1.54, 1.807) is 19.4 Å². The van der Waals surface area contributed by atoms with E-state index in [4.69, 9.17) is 19.9 Å². The molecule has 2 heterocycles. The normalized spacial score (nSPS) is 17.8. The smallest absolute Gasteiger partial charge is 0.289 e. The maximum absolute atomic E-state index is 13.0. The van der Waals surface area contributed by atoms with Gasteiger partial charge in [0.25, 0.3) is 5.91 Å². The number of anilines is 1. The monoisotopic (exact) mass is 564 g/mol. The van der Waals surface area contributed by atoms with Crippen LogP contribution in [0.1, 0.15) is 61.5 Å². The van der Waals surface area contributed by atoms with Crippen molar-refractivity contribution in [3.05, 3.63) is 53.7 Å². The van der Waals surface area contributed by atoms with Crippen molar-refractivity contribution in [1.82, 2.24) is 15.3 Å². The van der Waals surface area contributed by atoms with Crippen LogP contribution in [-0.2, 0) is 4.74 Å². The summed E-state index contributed by atoms with van der Waals surface area (Å²) in [7, 11) is 1.65. The van der Waals surface area contributed by atoms with Gasteiger partial charge in [-0.3, -0.25) is 9.79 Å². The van der Waals surface area contributed by atoms with Gasteiger partial charge < -0.3 is 25.5 Å². The first kappa shape index (κ1) is 31.3. The Kier molecular flexibility index (Phi) is 11.4. The van der Waals surface area contributed by atoms with E-state index in [1.807, 2.05) is 45.0 Å². The van der Waals surface area contributed by atoms with Crippen molar-refractivity contribution < 1.29 is 13.9 Å². The Labute approximate surface area is 236 Å². The fourth-order valence-electron chi connectivity index (χ4n) is 4.57. The highest BCUT2D eigenvalue weighted by molar-refractivity contribution is 5.97. The average Bonchev–Trinajstić information content (AvgIpc) is 3.39. The standard InChI is InChI=1S/C27H36N6O3.2ClH/c1-17-11-12-19-18(14-17)24(33-25(31-19)26(34)29-15-27(2,3)16-35-4)32-21-9-6-5-8-20(21)30-23(28)22-10-7-13-36-22;;/h7,10-14,20-21H,5-6,8-9,15-16H2,1-4H3,(H2,28,30)(H,29,34)(H,31,32,33);2*1H/t20-,21+;;/m1../s1. The van der Waals surface area contributed by atoms with Crippen molar-refractivity contribution in [2.45, 2.75) is 58.5 Å². The minimum Gasteiger partial charge on any atom is -0.461 e. The number of nitrogens with zero attached hydrogens (tertiary/aromatic N) is 3. The molecular weight excluding hydrogens is 527 g/mol. The number of carbonyl (C=O) groups excluding carboxylic acids is 1. The third kappa shape index (κ3) is 7.82. The van der Waals surface area contributed by atoms with Crippen LogP contribution in [0, 0.1) is 12.3 Å². The Morgan fingerprint density at radius 3 is 2.68 bits per heavy atom. The zero-order chi connectivity index (χ0) is 25.7. The number of aryl methyl sites for hydroxylation is 1. The SMILES string of the molecule is COCC(C)(C)CNC(=O)c1nc(N[C@H]2CCCC[C@H]2N=C(N)c2ccco2)c2cc(C)ccc2n1.Cl.Cl. The molecule has 1 aromatic carbocycles. The summed E-state index contributed by atoms with van der Waals surface area (Å²) in [5, 5.41) is 7.43. The zero-order valence-electron chi connectivity index (χ0n) is 22.3. The summed E-state index contributed by atoms with van der Waals surface area (Å²) in [5.41, 5.74) is 7.83. The molecule has 4 N–H and O–H groups in total. The molecule has 1 aliphatic rings. The summed E-state index contributed by atoms with van der Waals surface area (Å²) >= 11 is 0. The summed E-state index contributed by atoms with van der Waals surface area (Å²) in [4.78, 5) is 27.1. The summed E-state index contributed by atoms with van der Waals surface area (Å²) < 4.78 is 10.7. The van der Waals surface area contributed by atoms with E-state index in [0.717, 1.165) is 36.6 Å². The van der Waals surface area contributed by atoms with E-state index in [1.165, 1.54) is 0 Å². The number of aliphatic imine (C=N–C) groups is 1. The van der Waals surface area contributed by atoms with E-state index >= 15 is 0 Å². The van der Waals surface area contributed by atoms with E-state index < -0.39 is 0 Å². The molecule has 1 saturated carbocycles. The molecule has 0 spiro atoms. The summed E-state index contributed by atoms with van der Waals surface area (Å²) in [5.74, 6) is 1.41. The van der Waals surface area contributed by atoms with Crippen LogP contribution in [-0.4, -0.2) is 54.1 Å².